The predicted molar refractivity (Wildman–Crippen MR) is 78.6 cm³/mol. The highest BCUT2D eigenvalue weighted by atomic mass is 16.5. The third kappa shape index (κ3) is 3.36. The van der Waals surface area contributed by atoms with E-state index in [9.17, 15) is 0 Å². The van der Waals surface area contributed by atoms with E-state index in [2.05, 4.69) is 10.3 Å². The van der Waals surface area contributed by atoms with Crippen LogP contribution in [0.2, 0.25) is 0 Å². The zero-order valence-electron chi connectivity index (χ0n) is 12.6. The van der Waals surface area contributed by atoms with Crippen LogP contribution in [0.15, 0.2) is 6.20 Å². The van der Waals surface area contributed by atoms with Gasteiger partial charge in [0.25, 0.3) is 0 Å². The van der Waals surface area contributed by atoms with E-state index < -0.39 is 0 Å². The second-order valence-corrected chi connectivity index (χ2v) is 6.09. The fraction of sp³-hybridized carbons (Fsp3) is 0.750. The van der Waals surface area contributed by atoms with Crippen LogP contribution in [0.5, 0.6) is 0 Å². The summed E-state index contributed by atoms with van der Waals surface area (Å²) in [5.74, 6) is 1.59. The SMILES string of the molecule is CCOC(C)c1ncc2c(n1)CCC(CNC1CC1)C2. The summed E-state index contributed by atoms with van der Waals surface area (Å²) in [7, 11) is 0. The Kier molecular flexibility index (Phi) is 4.32. The van der Waals surface area contributed by atoms with Gasteiger partial charge in [0.05, 0.1) is 0 Å². The Morgan fingerprint density at radius 3 is 3.00 bits per heavy atom. The van der Waals surface area contributed by atoms with Gasteiger partial charge in [0.2, 0.25) is 0 Å². The minimum Gasteiger partial charge on any atom is -0.371 e. The van der Waals surface area contributed by atoms with Crippen LogP contribution in [-0.4, -0.2) is 29.2 Å². The van der Waals surface area contributed by atoms with Crippen molar-refractivity contribution in [3.05, 3.63) is 23.3 Å². The molecule has 1 aromatic heterocycles. The fourth-order valence-corrected chi connectivity index (χ4v) is 2.91. The van der Waals surface area contributed by atoms with Crippen LogP contribution >= 0.6 is 0 Å². The zero-order valence-corrected chi connectivity index (χ0v) is 12.6. The summed E-state index contributed by atoms with van der Waals surface area (Å²) in [6.07, 6.45) is 8.21. The fourth-order valence-electron chi connectivity index (χ4n) is 2.91. The third-order valence-electron chi connectivity index (χ3n) is 4.32. The summed E-state index contributed by atoms with van der Waals surface area (Å²) in [5.41, 5.74) is 2.58. The standard InChI is InChI=1S/C16H25N3O/c1-3-20-11(2)16-18-10-13-8-12(4-7-15(13)19-16)9-17-14-5-6-14/h10-12,14,17H,3-9H2,1-2H3. The van der Waals surface area contributed by atoms with E-state index in [-0.39, 0.29) is 6.10 Å². The topological polar surface area (TPSA) is 47.0 Å². The highest BCUT2D eigenvalue weighted by Gasteiger charge is 2.25. The molecule has 1 N–H and O–H groups in total. The summed E-state index contributed by atoms with van der Waals surface area (Å²) in [6, 6.07) is 0.807. The van der Waals surface area contributed by atoms with E-state index in [1.165, 1.54) is 30.5 Å². The van der Waals surface area contributed by atoms with Crippen molar-refractivity contribution in [2.75, 3.05) is 13.2 Å². The van der Waals surface area contributed by atoms with Gasteiger partial charge in [-0.25, -0.2) is 9.97 Å². The highest BCUT2D eigenvalue weighted by molar-refractivity contribution is 5.22. The van der Waals surface area contributed by atoms with Crippen molar-refractivity contribution in [1.29, 1.82) is 0 Å². The third-order valence-corrected chi connectivity index (χ3v) is 4.32. The molecule has 110 valence electrons. The Balaban J connectivity index is 1.62. The minimum absolute atomic E-state index is 0.000410. The lowest BCUT2D eigenvalue weighted by Gasteiger charge is -2.24. The molecule has 0 spiro atoms. The molecule has 0 radical (unpaired) electrons. The molecule has 4 heteroatoms. The molecule has 4 nitrogen and oxygen atoms in total. The molecule has 2 aliphatic carbocycles. The van der Waals surface area contributed by atoms with Crippen molar-refractivity contribution in [3.63, 3.8) is 0 Å². The zero-order chi connectivity index (χ0) is 13.9. The number of fused-ring (bicyclic) bond motifs is 1. The smallest absolute Gasteiger partial charge is 0.157 e. The number of aryl methyl sites for hydroxylation is 1. The van der Waals surface area contributed by atoms with Crippen LogP contribution in [0.25, 0.3) is 0 Å². The Bertz CT molecular complexity index is 459. The molecule has 1 fully saturated rings. The molecule has 0 aromatic carbocycles. The van der Waals surface area contributed by atoms with E-state index >= 15 is 0 Å². The van der Waals surface area contributed by atoms with E-state index in [1.54, 1.807) is 0 Å². The van der Waals surface area contributed by atoms with Gasteiger partial charge in [-0.2, -0.15) is 0 Å². The first kappa shape index (κ1) is 14.0. The number of nitrogens with one attached hydrogen (secondary N) is 1. The maximum absolute atomic E-state index is 5.58. The first-order valence-corrected chi connectivity index (χ1v) is 7.96. The van der Waals surface area contributed by atoms with Crippen LogP contribution in [0, 0.1) is 5.92 Å². The van der Waals surface area contributed by atoms with Gasteiger partial charge in [-0.15, -0.1) is 0 Å². The molecule has 0 bridgehead atoms. The largest absolute Gasteiger partial charge is 0.371 e. The van der Waals surface area contributed by atoms with Crippen molar-refractivity contribution >= 4 is 0 Å². The summed E-state index contributed by atoms with van der Waals surface area (Å²) in [6.45, 7) is 5.89. The molecule has 2 atom stereocenters. The summed E-state index contributed by atoms with van der Waals surface area (Å²) in [4.78, 5) is 9.21. The van der Waals surface area contributed by atoms with Gasteiger partial charge in [0, 0.05) is 24.5 Å². The average Bonchev–Trinajstić information content (AvgIpc) is 3.29. The molecular formula is C16H25N3O. The van der Waals surface area contributed by atoms with Crippen LogP contribution < -0.4 is 5.32 Å². The molecule has 0 amide bonds. The van der Waals surface area contributed by atoms with Crippen molar-refractivity contribution in [3.8, 4) is 0 Å². The maximum atomic E-state index is 5.58. The first-order valence-electron chi connectivity index (χ1n) is 7.96. The summed E-state index contributed by atoms with van der Waals surface area (Å²) >= 11 is 0. The molecule has 1 saturated carbocycles. The van der Waals surface area contributed by atoms with Gasteiger partial charge in [0.15, 0.2) is 5.82 Å². The molecule has 2 aliphatic rings. The summed E-state index contributed by atoms with van der Waals surface area (Å²) < 4.78 is 5.58. The lowest BCUT2D eigenvalue weighted by molar-refractivity contribution is 0.0697. The second-order valence-electron chi connectivity index (χ2n) is 6.09. The maximum Gasteiger partial charge on any atom is 0.157 e. The molecule has 1 heterocycles. The minimum atomic E-state index is -0.000410. The predicted octanol–water partition coefficient (Wildman–Crippen LogP) is 2.43. The van der Waals surface area contributed by atoms with Crippen molar-refractivity contribution in [2.45, 2.75) is 58.1 Å². The van der Waals surface area contributed by atoms with Crippen molar-refractivity contribution < 1.29 is 4.74 Å². The van der Waals surface area contributed by atoms with Gasteiger partial charge in [-0.1, -0.05) is 0 Å². The van der Waals surface area contributed by atoms with Crippen molar-refractivity contribution in [2.24, 2.45) is 5.92 Å². The Hall–Kier alpha value is -1.00. The Morgan fingerprint density at radius 2 is 2.25 bits per heavy atom. The molecule has 3 rings (SSSR count). The average molecular weight is 275 g/mol. The van der Waals surface area contributed by atoms with Crippen LogP contribution in [-0.2, 0) is 17.6 Å². The van der Waals surface area contributed by atoms with Gasteiger partial charge < -0.3 is 10.1 Å². The molecular weight excluding hydrogens is 250 g/mol. The Morgan fingerprint density at radius 1 is 1.40 bits per heavy atom. The number of nitrogens with zero attached hydrogens (tertiary/aromatic N) is 2. The first-order chi connectivity index (χ1) is 9.76. The van der Waals surface area contributed by atoms with Crippen LogP contribution in [0.3, 0.4) is 0 Å². The highest BCUT2D eigenvalue weighted by Crippen LogP contribution is 2.26. The molecule has 0 saturated heterocycles. The van der Waals surface area contributed by atoms with Crippen molar-refractivity contribution in [1.82, 2.24) is 15.3 Å². The molecule has 2 unspecified atom stereocenters. The van der Waals surface area contributed by atoms with Crippen LogP contribution in [0.1, 0.15) is 56.3 Å². The van der Waals surface area contributed by atoms with Gasteiger partial charge >= 0.3 is 0 Å². The summed E-state index contributed by atoms with van der Waals surface area (Å²) in [5, 5.41) is 3.64. The number of aromatic nitrogens is 2. The van der Waals surface area contributed by atoms with Gasteiger partial charge in [-0.3, -0.25) is 0 Å². The lowest BCUT2D eigenvalue weighted by atomic mass is 9.87. The number of ether oxygens (including phenoxy) is 1. The molecule has 0 aliphatic heterocycles. The van der Waals surface area contributed by atoms with E-state index in [1.807, 2.05) is 20.0 Å². The monoisotopic (exact) mass is 275 g/mol. The van der Waals surface area contributed by atoms with Gasteiger partial charge in [-0.05, 0) is 64.0 Å². The lowest BCUT2D eigenvalue weighted by Crippen LogP contribution is -2.29. The van der Waals surface area contributed by atoms with E-state index in [0.29, 0.717) is 6.61 Å². The van der Waals surface area contributed by atoms with E-state index in [0.717, 1.165) is 37.2 Å². The quantitative estimate of drug-likeness (QED) is 0.866. The number of hydrogen-bond acceptors (Lipinski definition) is 4. The van der Waals surface area contributed by atoms with Gasteiger partial charge in [0.1, 0.15) is 6.10 Å². The molecule has 1 aromatic rings. The number of hydrogen-bond donors (Lipinski definition) is 1. The Labute approximate surface area is 121 Å². The van der Waals surface area contributed by atoms with E-state index in [4.69, 9.17) is 9.72 Å². The molecule has 20 heavy (non-hydrogen) atoms. The number of rotatable bonds is 6. The van der Waals surface area contributed by atoms with Crippen LogP contribution in [0.4, 0.5) is 0 Å². The normalized spacial score (nSPS) is 23.4. The second kappa shape index (κ2) is 6.19.